The van der Waals surface area contributed by atoms with Crippen LogP contribution < -0.4 is 0 Å². The summed E-state index contributed by atoms with van der Waals surface area (Å²) in [5, 5.41) is 0. The van der Waals surface area contributed by atoms with Crippen molar-refractivity contribution in [2.45, 2.75) is 0 Å². The van der Waals surface area contributed by atoms with Crippen molar-refractivity contribution in [1.82, 2.24) is 0 Å². The lowest BCUT2D eigenvalue weighted by Crippen LogP contribution is -1.47. The van der Waals surface area contributed by atoms with Gasteiger partial charge in [0.25, 0.3) is 0 Å². The molecule has 0 spiro atoms. The highest BCUT2D eigenvalue weighted by atomic mass is 32.8. The fourth-order valence-corrected chi connectivity index (χ4v) is 0. The molecule has 0 saturated heterocycles. The molecule has 0 fully saturated rings. The molecular formula is H2N2O2S2. The Bertz CT molecular complexity index is 195. The van der Waals surface area contributed by atoms with Crippen LogP contribution in [0.3, 0.4) is 0 Å². The maximum atomic E-state index is 9.43. The van der Waals surface area contributed by atoms with Crippen LogP contribution in [0.15, 0.2) is 0 Å². The van der Waals surface area contributed by atoms with Gasteiger partial charge in [-0.25, -0.2) is 9.56 Å². The Morgan fingerprint density at radius 2 is 1.17 bits per heavy atom. The van der Waals surface area contributed by atoms with E-state index in [0.717, 1.165) is 0 Å². The van der Waals surface area contributed by atoms with Gasteiger partial charge in [-0.1, -0.05) is 0 Å². The molecule has 0 heterocycles. The Balaban J connectivity index is 5.99. The molecule has 6 heteroatoms. The van der Waals surface area contributed by atoms with Crippen molar-refractivity contribution < 1.29 is 8.42 Å². The predicted molar refractivity (Wildman–Crippen MR) is 21.7 cm³/mol. The van der Waals surface area contributed by atoms with Gasteiger partial charge in [-0.15, -0.1) is 0 Å². The summed E-state index contributed by atoms with van der Waals surface area (Å²) in [5.74, 6) is 0. The van der Waals surface area contributed by atoms with Crippen LogP contribution in [0.5, 0.6) is 0 Å². The molecule has 0 amide bonds. The molecule has 6 heavy (non-hydrogen) atoms. The van der Waals surface area contributed by atoms with Gasteiger partial charge in [0, 0.05) is 0 Å². The van der Waals surface area contributed by atoms with Crippen LogP contribution in [0.2, 0.25) is 0 Å². The molecule has 0 saturated carbocycles. The van der Waals surface area contributed by atoms with E-state index in [1.54, 1.807) is 0 Å². The first-order valence-electron chi connectivity index (χ1n) is 0.908. The largest absolute Gasteiger partial charge is 0.210 e. The molecule has 0 bridgehead atoms. The Morgan fingerprint density at radius 1 is 1.00 bits per heavy atom. The molecule has 0 aliphatic heterocycles. The van der Waals surface area contributed by atoms with Gasteiger partial charge in [-0.05, 0) is 0 Å². The predicted octanol–water partition coefficient (Wildman–Crippen LogP) is -0.0765. The molecule has 4 nitrogen and oxygen atoms in total. The third-order valence-electron chi connectivity index (χ3n) is 0.137. The fourth-order valence-electron chi connectivity index (χ4n) is 0. The van der Waals surface area contributed by atoms with E-state index in [1.807, 2.05) is 0 Å². The van der Waals surface area contributed by atoms with E-state index >= 15 is 0 Å². The summed E-state index contributed by atoms with van der Waals surface area (Å²) in [5.41, 5.74) is 0. The minimum atomic E-state index is -2.23. The maximum Gasteiger partial charge on any atom is 0.196 e. The molecule has 0 atom stereocenters. The summed E-state index contributed by atoms with van der Waals surface area (Å²) in [6.07, 6.45) is 0. The quantitative estimate of drug-likeness (QED) is 0.476. The van der Waals surface area contributed by atoms with Crippen LogP contribution in [0, 0.1) is 9.56 Å². The van der Waals surface area contributed by atoms with Gasteiger partial charge in [-0.3, -0.25) is 0 Å². The topological polar surface area (TPSA) is 81.8 Å². The zero-order chi connectivity index (χ0) is 5.15. The first-order chi connectivity index (χ1) is 2.64. The van der Waals surface area contributed by atoms with Gasteiger partial charge < -0.3 is 0 Å². The second kappa shape index (κ2) is 1.93. The molecule has 0 unspecified atom stereocenters. The molecule has 0 aromatic rings. The summed E-state index contributed by atoms with van der Waals surface area (Å²) in [7, 11) is -4.46. The monoisotopic (exact) mass is 126 g/mol. The van der Waals surface area contributed by atoms with Gasteiger partial charge in [0.15, 0.2) is 18.3 Å². The van der Waals surface area contributed by atoms with Crippen molar-refractivity contribution in [3.8, 4) is 0 Å². The highest BCUT2D eigenvalue weighted by molar-refractivity contribution is 8.22. The summed E-state index contributed by atoms with van der Waals surface area (Å²) in [6, 6.07) is 0. The van der Waals surface area contributed by atoms with Crippen LogP contribution in [0.4, 0.5) is 0 Å². The molecule has 0 rings (SSSR count). The van der Waals surface area contributed by atoms with E-state index in [1.165, 1.54) is 0 Å². The number of hydrogen-bond donors (Lipinski definition) is 2. The summed E-state index contributed by atoms with van der Waals surface area (Å²) in [6.45, 7) is 0. The minimum absolute atomic E-state index is 2.23. The zero-order valence-electron chi connectivity index (χ0n) is 2.63. The highest BCUT2D eigenvalue weighted by Gasteiger charge is 1.50. The van der Waals surface area contributed by atoms with Crippen LogP contribution in [0.25, 0.3) is 0 Å². The number of nitrogens with one attached hydrogen (secondary N) is 2. The second-order valence-corrected chi connectivity index (χ2v) is 3.22. The van der Waals surface area contributed by atoms with E-state index in [4.69, 9.17) is 9.56 Å². The van der Waals surface area contributed by atoms with Gasteiger partial charge >= 0.3 is 0 Å². The van der Waals surface area contributed by atoms with E-state index in [0.29, 0.717) is 0 Å². The molecule has 0 aromatic carbocycles. The van der Waals surface area contributed by atoms with E-state index in [-0.39, 0.29) is 0 Å². The van der Waals surface area contributed by atoms with Crippen molar-refractivity contribution in [3.63, 3.8) is 0 Å². The average molecular weight is 126 g/mol. The summed E-state index contributed by atoms with van der Waals surface area (Å²) in [4.78, 5) is 0. The van der Waals surface area contributed by atoms with Crippen molar-refractivity contribution in [3.05, 3.63) is 0 Å². The number of rotatable bonds is 0. The molecule has 0 aliphatic carbocycles. The third-order valence-corrected chi connectivity index (χ3v) is 1.24. The fraction of sp³-hybridized carbons (Fsp3) is 0. The summed E-state index contributed by atoms with van der Waals surface area (Å²) >= 11 is 0. The van der Waals surface area contributed by atoms with E-state index in [9.17, 15) is 8.42 Å². The molecule has 0 aromatic heterocycles. The lowest BCUT2D eigenvalue weighted by Gasteiger charge is -1.37. The first-order valence-corrected chi connectivity index (χ1v) is 3.72. The van der Waals surface area contributed by atoms with Crippen LogP contribution in [-0.2, 0) is 18.3 Å². The molecule has 0 radical (unpaired) electrons. The van der Waals surface area contributed by atoms with Gasteiger partial charge in [0.1, 0.15) is 0 Å². The normalized spacial score (nSPS) is 7.33. The third kappa shape index (κ3) is 1.91. The Hall–Kier alpha value is -0.360. The van der Waals surface area contributed by atoms with Gasteiger partial charge in [-0.2, -0.15) is 8.42 Å². The SMILES string of the molecule is N=S(=O)=S(=N)=O. The Morgan fingerprint density at radius 3 is 1.17 bits per heavy atom. The molecular weight excluding hydrogens is 124 g/mol. The van der Waals surface area contributed by atoms with Crippen molar-refractivity contribution >= 4 is 18.3 Å². The van der Waals surface area contributed by atoms with Crippen LogP contribution in [0.1, 0.15) is 0 Å². The lowest BCUT2D eigenvalue weighted by atomic mass is 14.0. The lowest BCUT2D eigenvalue weighted by molar-refractivity contribution is 0.686. The van der Waals surface area contributed by atoms with E-state index in [2.05, 4.69) is 0 Å². The molecule has 0 aliphatic rings. The average Bonchev–Trinajstić information content (AvgIpc) is 1.36. The van der Waals surface area contributed by atoms with Gasteiger partial charge in [0.2, 0.25) is 0 Å². The van der Waals surface area contributed by atoms with Crippen molar-refractivity contribution in [2.24, 2.45) is 0 Å². The second-order valence-electron chi connectivity index (χ2n) is 0.469. The van der Waals surface area contributed by atoms with E-state index < -0.39 is 18.3 Å². The standard InChI is InChI=1S/H2N2O2S2/c1-5(3)6(2)4/h1-2H. The molecule has 36 valence electrons. The zero-order valence-corrected chi connectivity index (χ0v) is 4.27. The van der Waals surface area contributed by atoms with Crippen LogP contribution in [-0.4, -0.2) is 8.42 Å². The minimum Gasteiger partial charge on any atom is -0.210 e. The number of hydrogen-bond acceptors (Lipinski definition) is 4. The Labute approximate surface area is 37.0 Å². The Kier molecular flexibility index (Phi) is 1.82. The van der Waals surface area contributed by atoms with Crippen LogP contribution >= 0.6 is 0 Å². The maximum absolute atomic E-state index is 9.43. The highest BCUT2D eigenvalue weighted by Crippen LogP contribution is 1.38. The summed E-state index contributed by atoms with van der Waals surface area (Å²) < 4.78 is 30.9. The first kappa shape index (κ1) is 5.64. The molecule has 2 N–H and O–H groups in total. The smallest absolute Gasteiger partial charge is 0.196 e. The van der Waals surface area contributed by atoms with Crippen molar-refractivity contribution in [1.29, 1.82) is 9.56 Å². The van der Waals surface area contributed by atoms with Gasteiger partial charge in [0.05, 0.1) is 0 Å². The van der Waals surface area contributed by atoms with Crippen molar-refractivity contribution in [2.75, 3.05) is 0 Å².